The van der Waals surface area contributed by atoms with Crippen LogP contribution in [0.2, 0.25) is 0 Å². The van der Waals surface area contributed by atoms with E-state index in [2.05, 4.69) is 6.92 Å². The summed E-state index contributed by atoms with van der Waals surface area (Å²) in [5, 5.41) is 0. The molecule has 0 N–H and O–H groups in total. The first-order chi connectivity index (χ1) is 11.5. The molecule has 6 nitrogen and oxygen atoms in total. The van der Waals surface area contributed by atoms with Gasteiger partial charge in [-0.15, -0.1) is 0 Å². The Kier molecular flexibility index (Phi) is 4.07. The van der Waals surface area contributed by atoms with Gasteiger partial charge >= 0.3 is 0 Å². The molecular formula is C18H28N2O4. The number of likely N-dealkylation sites (tertiary alicyclic amines) is 2. The maximum Gasteiger partial charge on any atom is 0.238 e. The summed E-state index contributed by atoms with van der Waals surface area (Å²) in [5.74, 6) is 0.186. The SMILES string of the molecule is CC1CCCN(C(=O)C2(C(=O)N3CCC4(CC3)OCCO4)CC2)C1. The highest BCUT2D eigenvalue weighted by Gasteiger charge is 2.60. The van der Waals surface area contributed by atoms with Gasteiger partial charge in [0.05, 0.1) is 13.2 Å². The van der Waals surface area contributed by atoms with Gasteiger partial charge in [-0.2, -0.15) is 0 Å². The molecule has 1 saturated carbocycles. The van der Waals surface area contributed by atoms with E-state index in [1.807, 2.05) is 9.80 Å². The van der Waals surface area contributed by atoms with Gasteiger partial charge in [-0.25, -0.2) is 0 Å². The summed E-state index contributed by atoms with van der Waals surface area (Å²) in [6.07, 6.45) is 5.08. The van der Waals surface area contributed by atoms with Gasteiger partial charge in [0.1, 0.15) is 5.41 Å². The quantitative estimate of drug-likeness (QED) is 0.715. The zero-order valence-electron chi connectivity index (χ0n) is 14.6. The minimum absolute atomic E-state index is 0.0403. The lowest BCUT2D eigenvalue weighted by Crippen LogP contribution is -2.53. The highest BCUT2D eigenvalue weighted by atomic mass is 16.7. The second-order valence-corrected chi connectivity index (χ2v) is 7.98. The Morgan fingerprint density at radius 1 is 0.917 bits per heavy atom. The van der Waals surface area contributed by atoms with E-state index >= 15 is 0 Å². The van der Waals surface area contributed by atoms with Crippen molar-refractivity contribution in [3.8, 4) is 0 Å². The second kappa shape index (κ2) is 5.99. The molecule has 0 bridgehead atoms. The van der Waals surface area contributed by atoms with E-state index < -0.39 is 11.2 Å². The number of carbonyl (C=O) groups excluding carboxylic acids is 2. The molecule has 1 unspecified atom stereocenters. The van der Waals surface area contributed by atoms with Crippen LogP contribution in [0.4, 0.5) is 0 Å². The fourth-order valence-corrected chi connectivity index (χ4v) is 4.46. The second-order valence-electron chi connectivity index (χ2n) is 7.98. The van der Waals surface area contributed by atoms with E-state index in [-0.39, 0.29) is 11.8 Å². The van der Waals surface area contributed by atoms with E-state index in [1.54, 1.807) is 0 Å². The first-order valence-electron chi connectivity index (χ1n) is 9.41. The molecule has 1 spiro atoms. The van der Waals surface area contributed by atoms with Crippen LogP contribution in [0.3, 0.4) is 0 Å². The molecule has 4 aliphatic rings. The summed E-state index contributed by atoms with van der Waals surface area (Å²) in [6, 6.07) is 0. The number of ether oxygens (including phenoxy) is 2. The lowest BCUT2D eigenvalue weighted by Gasteiger charge is -2.40. The number of hydrogen-bond donors (Lipinski definition) is 0. The number of piperidine rings is 2. The van der Waals surface area contributed by atoms with Gasteiger partial charge in [0.25, 0.3) is 0 Å². The minimum Gasteiger partial charge on any atom is -0.347 e. The maximum absolute atomic E-state index is 13.0. The van der Waals surface area contributed by atoms with Crippen molar-refractivity contribution in [2.24, 2.45) is 11.3 Å². The fourth-order valence-electron chi connectivity index (χ4n) is 4.46. The van der Waals surface area contributed by atoms with Gasteiger partial charge in [-0.1, -0.05) is 6.92 Å². The van der Waals surface area contributed by atoms with E-state index in [0.717, 1.165) is 19.5 Å². The van der Waals surface area contributed by atoms with Gasteiger partial charge in [-0.05, 0) is 31.6 Å². The predicted molar refractivity (Wildman–Crippen MR) is 87.1 cm³/mol. The molecule has 24 heavy (non-hydrogen) atoms. The normalized spacial score (nSPS) is 31.3. The number of carbonyl (C=O) groups is 2. The zero-order valence-corrected chi connectivity index (χ0v) is 14.6. The lowest BCUT2D eigenvalue weighted by atomic mass is 9.95. The van der Waals surface area contributed by atoms with Crippen LogP contribution in [-0.4, -0.2) is 66.8 Å². The zero-order chi connectivity index (χ0) is 16.8. The third kappa shape index (κ3) is 2.73. The largest absolute Gasteiger partial charge is 0.347 e. The summed E-state index contributed by atoms with van der Waals surface area (Å²) >= 11 is 0. The molecule has 4 rings (SSSR count). The van der Waals surface area contributed by atoms with Crippen molar-refractivity contribution in [2.75, 3.05) is 39.4 Å². The molecule has 4 fully saturated rings. The Bertz CT molecular complexity index is 515. The molecule has 1 atom stereocenters. The Labute approximate surface area is 143 Å². The molecule has 6 heteroatoms. The molecule has 3 heterocycles. The Balaban J connectivity index is 1.39. The molecule has 1 aliphatic carbocycles. The predicted octanol–water partition coefficient (Wildman–Crippen LogP) is 1.39. The molecule has 0 radical (unpaired) electrons. The Hall–Kier alpha value is -1.14. The van der Waals surface area contributed by atoms with Gasteiger partial charge in [-0.3, -0.25) is 9.59 Å². The molecule has 3 saturated heterocycles. The van der Waals surface area contributed by atoms with Crippen molar-refractivity contribution in [2.45, 2.75) is 51.2 Å². The molecule has 3 aliphatic heterocycles. The first-order valence-corrected chi connectivity index (χ1v) is 9.41. The number of nitrogens with zero attached hydrogens (tertiary/aromatic N) is 2. The average Bonchev–Trinajstić information content (AvgIpc) is 3.29. The van der Waals surface area contributed by atoms with Gasteiger partial charge in [0.2, 0.25) is 11.8 Å². The van der Waals surface area contributed by atoms with Crippen molar-refractivity contribution in [3.05, 3.63) is 0 Å². The molecule has 134 valence electrons. The summed E-state index contributed by atoms with van der Waals surface area (Å²) in [6.45, 7) is 6.34. The number of amides is 2. The first kappa shape index (κ1) is 16.3. The van der Waals surface area contributed by atoms with Crippen molar-refractivity contribution in [1.82, 2.24) is 9.80 Å². The number of rotatable bonds is 2. The summed E-state index contributed by atoms with van der Waals surface area (Å²) in [4.78, 5) is 29.8. The third-order valence-electron chi connectivity index (χ3n) is 6.14. The van der Waals surface area contributed by atoms with Crippen LogP contribution in [0.5, 0.6) is 0 Å². The van der Waals surface area contributed by atoms with Crippen LogP contribution >= 0.6 is 0 Å². The highest BCUT2D eigenvalue weighted by Crippen LogP contribution is 2.50. The van der Waals surface area contributed by atoms with Gasteiger partial charge in [0.15, 0.2) is 5.79 Å². The van der Waals surface area contributed by atoms with Crippen molar-refractivity contribution < 1.29 is 19.1 Å². The van der Waals surface area contributed by atoms with E-state index in [4.69, 9.17) is 9.47 Å². The van der Waals surface area contributed by atoms with E-state index in [0.29, 0.717) is 57.9 Å². The molecule has 0 aromatic heterocycles. The smallest absolute Gasteiger partial charge is 0.238 e. The molecule has 2 amide bonds. The van der Waals surface area contributed by atoms with Crippen LogP contribution < -0.4 is 0 Å². The van der Waals surface area contributed by atoms with Crippen LogP contribution in [0, 0.1) is 11.3 Å². The lowest BCUT2D eigenvalue weighted by molar-refractivity contribution is -0.189. The van der Waals surface area contributed by atoms with Gasteiger partial charge in [0, 0.05) is 39.0 Å². The highest BCUT2D eigenvalue weighted by molar-refractivity contribution is 6.07. The molecule has 0 aromatic carbocycles. The summed E-state index contributed by atoms with van der Waals surface area (Å²) in [5.41, 5.74) is -0.751. The van der Waals surface area contributed by atoms with Crippen LogP contribution in [-0.2, 0) is 19.1 Å². The fraction of sp³-hybridized carbons (Fsp3) is 0.889. The maximum atomic E-state index is 13.0. The standard InChI is InChI=1S/C18H28N2O4/c1-14-3-2-8-20(13-14)16(22)17(4-5-17)15(21)19-9-6-18(7-10-19)23-11-12-24-18/h14H,2-13H2,1H3. The van der Waals surface area contributed by atoms with E-state index in [1.165, 1.54) is 6.42 Å². The van der Waals surface area contributed by atoms with Crippen LogP contribution in [0.15, 0.2) is 0 Å². The van der Waals surface area contributed by atoms with Crippen LogP contribution in [0.1, 0.15) is 45.4 Å². The van der Waals surface area contributed by atoms with Gasteiger partial charge < -0.3 is 19.3 Å². The minimum atomic E-state index is -0.751. The van der Waals surface area contributed by atoms with Crippen molar-refractivity contribution in [3.63, 3.8) is 0 Å². The topological polar surface area (TPSA) is 59.1 Å². The van der Waals surface area contributed by atoms with Crippen molar-refractivity contribution >= 4 is 11.8 Å². The average molecular weight is 336 g/mol. The Morgan fingerprint density at radius 3 is 2.12 bits per heavy atom. The monoisotopic (exact) mass is 336 g/mol. The van der Waals surface area contributed by atoms with Crippen LogP contribution in [0.25, 0.3) is 0 Å². The Morgan fingerprint density at radius 2 is 1.54 bits per heavy atom. The van der Waals surface area contributed by atoms with Crippen molar-refractivity contribution in [1.29, 1.82) is 0 Å². The molecule has 0 aromatic rings. The number of hydrogen-bond acceptors (Lipinski definition) is 4. The van der Waals surface area contributed by atoms with E-state index in [9.17, 15) is 9.59 Å². The summed E-state index contributed by atoms with van der Waals surface area (Å²) < 4.78 is 11.5. The summed E-state index contributed by atoms with van der Waals surface area (Å²) in [7, 11) is 0. The molecular weight excluding hydrogens is 308 g/mol. The third-order valence-corrected chi connectivity index (χ3v) is 6.14.